The molecular weight excluding hydrogens is 368 g/mol. The minimum absolute atomic E-state index is 0.112. The predicted octanol–water partition coefficient (Wildman–Crippen LogP) is 2.24. The molecule has 1 aliphatic rings. The van der Waals surface area contributed by atoms with Crippen LogP contribution in [0.25, 0.3) is 0 Å². The summed E-state index contributed by atoms with van der Waals surface area (Å²) in [5.74, 6) is -0.0874. The van der Waals surface area contributed by atoms with Crippen LogP contribution in [0.2, 0.25) is 0 Å². The molecular formula is C22H26N4O3. The van der Waals surface area contributed by atoms with Crippen molar-refractivity contribution in [3.8, 4) is 0 Å². The number of rotatable bonds is 7. The van der Waals surface area contributed by atoms with Crippen molar-refractivity contribution in [2.75, 3.05) is 37.4 Å². The second kappa shape index (κ2) is 9.34. The molecule has 0 radical (unpaired) electrons. The highest BCUT2D eigenvalue weighted by atomic mass is 16.2. The van der Waals surface area contributed by atoms with E-state index in [2.05, 4.69) is 10.6 Å². The van der Waals surface area contributed by atoms with Gasteiger partial charge in [0.05, 0.1) is 6.54 Å². The van der Waals surface area contributed by atoms with Crippen LogP contribution in [-0.4, -0.2) is 49.8 Å². The smallest absolute Gasteiger partial charge is 0.251 e. The summed E-state index contributed by atoms with van der Waals surface area (Å²) < 4.78 is 0. The third kappa shape index (κ3) is 5.42. The van der Waals surface area contributed by atoms with E-state index in [0.717, 1.165) is 24.2 Å². The van der Waals surface area contributed by atoms with E-state index in [1.165, 1.54) is 0 Å². The van der Waals surface area contributed by atoms with E-state index in [0.29, 0.717) is 24.2 Å². The molecule has 0 unspecified atom stereocenters. The summed E-state index contributed by atoms with van der Waals surface area (Å²) in [5, 5.41) is 5.47. The quantitative estimate of drug-likeness (QED) is 0.755. The number of carbonyl (C=O) groups excluding carboxylic acids is 3. The fourth-order valence-electron chi connectivity index (χ4n) is 3.36. The van der Waals surface area contributed by atoms with Crippen LogP contribution < -0.4 is 15.5 Å². The minimum atomic E-state index is -0.121. The van der Waals surface area contributed by atoms with Gasteiger partial charge in [0.15, 0.2) is 0 Å². The van der Waals surface area contributed by atoms with E-state index in [9.17, 15) is 14.4 Å². The number of benzene rings is 2. The van der Waals surface area contributed by atoms with Gasteiger partial charge in [-0.2, -0.15) is 0 Å². The number of amides is 3. The van der Waals surface area contributed by atoms with E-state index < -0.39 is 0 Å². The summed E-state index contributed by atoms with van der Waals surface area (Å²) in [5.41, 5.74) is 3.19. The average molecular weight is 394 g/mol. The summed E-state index contributed by atoms with van der Waals surface area (Å²) >= 11 is 0. The third-order valence-electron chi connectivity index (χ3n) is 4.85. The number of nitrogens with one attached hydrogen (secondary N) is 2. The van der Waals surface area contributed by atoms with Crippen LogP contribution in [0, 0.1) is 0 Å². The first-order valence-electron chi connectivity index (χ1n) is 9.66. The molecule has 1 aliphatic heterocycles. The molecule has 0 spiro atoms. The fourth-order valence-corrected chi connectivity index (χ4v) is 3.36. The van der Waals surface area contributed by atoms with Crippen molar-refractivity contribution in [1.29, 1.82) is 0 Å². The van der Waals surface area contributed by atoms with Gasteiger partial charge in [-0.25, -0.2) is 0 Å². The molecule has 0 aromatic heterocycles. The van der Waals surface area contributed by atoms with Crippen molar-refractivity contribution in [2.24, 2.45) is 0 Å². The summed E-state index contributed by atoms with van der Waals surface area (Å²) in [4.78, 5) is 39.4. The second-order valence-electron chi connectivity index (χ2n) is 7.19. The number of nitrogens with zero attached hydrogens (tertiary/aromatic N) is 2. The molecule has 1 heterocycles. The standard InChI is InChI=1S/C22H26N4O3/c1-23-22(29)17-7-5-16(6-8-17)14-25(2)15-20(27)24-18-9-11-19(12-10-18)26-13-3-4-21(26)28/h5-12H,3-4,13-15H2,1-2H3,(H,23,29)(H,24,27). The molecule has 2 aromatic carbocycles. The van der Waals surface area contributed by atoms with Crippen LogP contribution in [0.5, 0.6) is 0 Å². The molecule has 29 heavy (non-hydrogen) atoms. The van der Waals surface area contributed by atoms with Crippen LogP contribution in [-0.2, 0) is 16.1 Å². The molecule has 3 amide bonds. The first kappa shape index (κ1) is 20.5. The molecule has 2 aromatic rings. The van der Waals surface area contributed by atoms with Crippen molar-refractivity contribution < 1.29 is 14.4 Å². The van der Waals surface area contributed by atoms with Gasteiger partial charge in [-0.1, -0.05) is 12.1 Å². The summed E-state index contributed by atoms with van der Waals surface area (Å²) in [6, 6.07) is 14.7. The molecule has 1 fully saturated rings. The van der Waals surface area contributed by atoms with Crippen LogP contribution in [0.3, 0.4) is 0 Å². The Kier molecular flexibility index (Phi) is 6.61. The van der Waals surface area contributed by atoms with Gasteiger partial charge in [-0.05, 0) is 55.4 Å². The Morgan fingerprint density at radius 1 is 1.07 bits per heavy atom. The van der Waals surface area contributed by atoms with Crippen molar-refractivity contribution >= 4 is 29.1 Å². The van der Waals surface area contributed by atoms with Crippen molar-refractivity contribution in [1.82, 2.24) is 10.2 Å². The highest BCUT2D eigenvalue weighted by Gasteiger charge is 2.21. The Bertz CT molecular complexity index is 878. The zero-order valence-electron chi connectivity index (χ0n) is 16.8. The first-order valence-corrected chi connectivity index (χ1v) is 9.66. The average Bonchev–Trinajstić information content (AvgIpc) is 3.14. The molecule has 7 heteroatoms. The fraction of sp³-hybridized carbons (Fsp3) is 0.318. The summed E-state index contributed by atoms with van der Waals surface area (Å²) in [7, 11) is 3.47. The largest absolute Gasteiger partial charge is 0.355 e. The Morgan fingerprint density at radius 2 is 1.76 bits per heavy atom. The van der Waals surface area contributed by atoms with Gasteiger partial charge in [0, 0.05) is 43.5 Å². The SMILES string of the molecule is CNC(=O)c1ccc(CN(C)CC(=O)Nc2ccc(N3CCCC3=O)cc2)cc1. The predicted molar refractivity (Wildman–Crippen MR) is 113 cm³/mol. The zero-order chi connectivity index (χ0) is 20.8. The Hall–Kier alpha value is -3.19. The Labute approximate surface area is 170 Å². The maximum absolute atomic E-state index is 12.3. The number of likely N-dealkylation sites (N-methyl/N-ethyl adjacent to an activating group) is 1. The molecule has 7 nitrogen and oxygen atoms in total. The monoisotopic (exact) mass is 394 g/mol. The molecule has 0 atom stereocenters. The van der Waals surface area contributed by atoms with E-state index in [4.69, 9.17) is 0 Å². The molecule has 0 aliphatic carbocycles. The lowest BCUT2D eigenvalue weighted by Gasteiger charge is -2.18. The maximum Gasteiger partial charge on any atom is 0.251 e. The zero-order valence-corrected chi connectivity index (χ0v) is 16.8. The lowest BCUT2D eigenvalue weighted by molar-refractivity contribution is -0.117. The van der Waals surface area contributed by atoms with Crippen LogP contribution in [0.1, 0.15) is 28.8 Å². The molecule has 2 N–H and O–H groups in total. The van der Waals surface area contributed by atoms with Crippen molar-refractivity contribution in [3.05, 3.63) is 59.7 Å². The lowest BCUT2D eigenvalue weighted by atomic mass is 10.1. The second-order valence-corrected chi connectivity index (χ2v) is 7.19. The number of carbonyl (C=O) groups is 3. The van der Waals surface area contributed by atoms with Crippen LogP contribution in [0.15, 0.2) is 48.5 Å². The highest BCUT2D eigenvalue weighted by molar-refractivity contribution is 5.96. The molecule has 1 saturated heterocycles. The van der Waals surface area contributed by atoms with Gasteiger partial charge in [0.2, 0.25) is 11.8 Å². The molecule has 152 valence electrons. The molecule has 3 rings (SSSR count). The van der Waals surface area contributed by atoms with Crippen molar-refractivity contribution in [3.63, 3.8) is 0 Å². The molecule has 0 saturated carbocycles. The summed E-state index contributed by atoms with van der Waals surface area (Å²) in [6.07, 6.45) is 1.48. The number of hydrogen-bond acceptors (Lipinski definition) is 4. The Morgan fingerprint density at radius 3 is 2.34 bits per heavy atom. The van der Waals surface area contributed by atoms with Gasteiger partial charge < -0.3 is 15.5 Å². The van der Waals surface area contributed by atoms with Gasteiger partial charge in [-0.3, -0.25) is 19.3 Å². The van der Waals surface area contributed by atoms with Gasteiger partial charge >= 0.3 is 0 Å². The summed E-state index contributed by atoms with van der Waals surface area (Å²) in [6.45, 7) is 1.58. The minimum Gasteiger partial charge on any atom is -0.355 e. The number of anilines is 2. The maximum atomic E-state index is 12.3. The van der Waals surface area contributed by atoms with Gasteiger partial charge in [-0.15, -0.1) is 0 Å². The van der Waals surface area contributed by atoms with Crippen molar-refractivity contribution in [2.45, 2.75) is 19.4 Å². The van der Waals surface area contributed by atoms with Gasteiger partial charge in [0.1, 0.15) is 0 Å². The Balaban J connectivity index is 1.49. The third-order valence-corrected chi connectivity index (χ3v) is 4.85. The molecule has 0 bridgehead atoms. The number of hydrogen-bond donors (Lipinski definition) is 2. The van der Waals surface area contributed by atoms with E-state index in [1.54, 1.807) is 24.1 Å². The van der Waals surface area contributed by atoms with E-state index in [-0.39, 0.29) is 24.3 Å². The van der Waals surface area contributed by atoms with E-state index in [1.807, 2.05) is 48.3 Å². The topological polar surface area (TPSA) is 81.8 Å². The normalized spacial score (nSPS) is 13.6. The first-order chi connectivity index (χ1) is 14.0. The van der Waals surface area contributed by atoms with Crippen LogP contribution >= 0.6 is 0 Å². The van der Waals surface area contributed by atoms with Gasteiger partial charge in [0.25, 0.3) is 5.91 Å². The lowest BCUT2D eigenvalue weighted by Crippen LogP contribution is -2.30. The highest BCUT2D eigenvalue weighted by Crippen LogP contribution is 2.23. The van der Waals surface area contributed by atoms with E-state index >= 15 is 0 Å². The van der Waals surface area contributed by atoms with Crippen LogP contribution in [0.4, 0.5) is 11.4 Å².